The topological polar surface area (TPSA) is 38.9 Å². The van der Waals surface area contributed by atoms with Crippen molar-refractivity contribution in [3.63, 3.8) is 0 Å². The van der Waals surface area contributed by atoms with Crippen LogP contribution < -0.4 is 5.73 Å². The lowest BCUT2D eigenvalue weighted by Gasteiger charge is -2.14. The fraction of sp³-hybridized carbons (Fsp3) is 0.0833. The van der Waals surface area contributed by atoms with Crippen LogP contribution in [0, 0.1) is 0 Å². The van der Waals surface area contributed by atoms with E-state index in [4.69, 9.17) is 28.9 Å². The van der Waals surface area contributed by atoms with Crippen molar-refractivity contribution in [2.75, 3.05) is 0 Å². The first-order valence-corrected chi connectivity index (χ1v) is 5.55. The third-order valence-electron chi connectivity index (χ3n) is 2.36. The lowest BCUT2D eigenvalue weighted by Crippen LogP contribution is -2.12. The molecule has 16 heavy (non-hydrogen) atoms. The van der Waals surface area contributed by atoms with Gasteiger partial charge in [0.15, 0.2) is 0 Å². The summed E-state index contributed by atoms with van der Waals surface area (Å²) in [4.78, 5) is 4.03. The maximum atomic E-state index is 6.11. The van der Waals surface area contributed by atoms with Crippen LogP contribution in [0.2, 0.25) is 10.0 Å². The molecule has 0 spiro atoms. The van der Waals surface area contributed by atoms with Gasteiger partial charge < -0.3 is 5.73 Å². The molecule has 0 aliphatic rings. The van der Waals surface area contributed by atoms with Crippen molar-refractivity contribution in [2.45, 2.75) is 6.04 Å². The SMILES string of the molecule is NC(c1cccnc1)c1cccc(Cl)c1Cl. The van der Waals surface area contributed by atoms with Gasteiger partial charge in [-0.1, -0.05) is 41.4 Å². The number of pyridine rings is 1. The zero-order valence-corrected chi connectivity index (χ0v) is 9.91. The standard InChI is InChI=1S/C12H10Cl2N2/c13-10-5-1-4-9(11(10)14)12(15)8-3-2-6-16-7-8/h1-7,12H,15H2. The summed E-state index contributed by atoms with van der Waals surface area (Å²) in [5.74, 6) is 0. The van der Waals surface area contributed by atoms with Crippen molar-refractivity contribution >= 4 is 23.2 Å². The first-order valence-electron chi connectivity index (χ1n) is 4.79. The van der Waals surface area contributed by atoms with E-state index >= 15 is 0 Å². The molecule has 0 radical (unpaired) electrons. The van der Waals surface area contributed by atoms with Gasteiger partial charge in [0.05, 0.1) is 16.1 Å². The van der Waals surface area contributed by atoms with Gasteiger partial charge in [0.25, 0.3) is 0 Å². The minimum absolute atomic E-state index is 0.306. The van der Waals surface area contributed by atoms with Gasteiger partial charge >= 0.3 is 0 Å². The van der Waals surface area contributed by atoms with Crippen LogP contribution in [0.25, 0.3) is 0 Å². The summed E-state index contributed by atoms with van der Waals surface area (Å²) in [7, 11) is 0. The van der Waals surface area contributed by atoms with Crippen LogP contribution in [0.5, 0.6) is 0 Å². The van der Waals surface area contributed by atoms with Crippen LogP contribution in [0.3, 0.4) is 0 Å². The molecule has 1 aromatic heterocycles. The number of rotatable bonds is 2. The molecule has 1 aromatic carbocycles. The van der Waals surface area contributed by atoms with Crippen molar-refractivity contribution < 1.29 is 0 Å². The number of halogens is 2. The first kappa shape index (κ1) is 11.4. The van der Waals surface area contributed by atoms with Gasteiger partial charge in [0, 0.05) is 12.4 Å². The second-order valence-electron chi connectivity index (χ2n) is 3.41. The fourth-order valence-corrected chi connectivity index (χ4v) is 1.93. The Morgan fingerprint density at radius 2 is 1.94 bits per heavy atom. The molecule has 0 aliphatic heterocycles. The predicted octanol–water partition coefficient (Wildman–Crippen LogP) is 3.44. The van der Waals surface area contributed by atoms with E-state index in [-0.39, 0.29) is 6.04 Å². The summed E-state index contributed by atoms with van der Waals surface area (Å²) < 4.78 is 0. The molecule has 1 heterocycles. The van der Waals surface area contributed by atoms with E-state index in [9.17, 15) is 0 Å². The largest absolute Gasteiger partial charge is 0.320 e. The van der Waals surface area contributed by atoms with E-state index in [1.54, 1.807) is 18.5 Å². The molecular formula is C12H10Cl2N2. The molecule has 4 heteroatoms. The minimum Gasteiger partial charge on any atom is -0.320 e. The molecule has 2 rings (SSSR count). The summed E-state index contributed by atoms with van der Waals surface area (Å²) in [6, 6.07) is 8.89. The van der Waals surface area contributed by atoms with Crippen molar-refractivity contribution in [1.82, 2.24) is 4.98 Å². The second-order valence-corrected chi connectivity index (χ2v) is 4.19. The Morgan fingerprint density at radius 1 is 1.12 bits per heavy atom. The maximum absolute atomic E-state index is 6.11. The molecule has 2 nitrogen and oxygen atoms in total. The van der Waals surface area contributed by atoms with E-state index in [1.165, 1.54) is 0 Å². The first-order chi connectivity index (χ1) is 7.70. The van der Waals surface area contributed by atoms with Gasteiger partial charge in [-0.25, -0.2) is 0 Å². The average molecular weight is 253 g/mol. The van der Waals surface area contributed by atoms with E-state index < -0.39 is 0 Å². The molecule has 0 aliphatic carbocycles. The number of nitrogens with two attached hydrogens (primary N) is 1. The Bertz CT molecular complexity index is 486. The summed E-state index contributed by atoms with van der Waals surface area (Å²) in [5, 5.41) is 1.01. The zero-order chi connectivity index (χ0) is 11.5. The molecule has 82 valence electrons. The molecule has 1 unspecified atom stereocenters. The molecule has 2 N–H and O–H groups in total. The normalized spacial score (nSPS) is 12.4. The highest BCUT2D eigenvalue weighted by atomic mass is 35.5. The number of hydrogen-bond donors (Lipinski definition) is 1. The molecule has 2 aromatic rings. The highest BCUT2D eigenvalue weighted by molar-refractivity contribution is 6.42. The van der Waals surface area contributed by atoms with E-state index in [1.807, 2.05) is 24.3 Å². The smallest absolute Gasteiger partial charge is 0.0643 e. The minimum atomic E-state index is -0.306. The van der Waals surface area contributed by atoms with Gasteiger partial charge in [-0.2, -0.15) is 0 Å². The van der Waals surface area contributed by atoms with Crippen molar-refractivity contribution in [1.29, 1.82) is 0 Å². The monoisotopic (exact) mass is 252 g/mol. The van der Waals surface area contributed by atoms with Crippen LogP contribution in [0.1, 0.15) is 17.2 Å². The second kappa shape index (κ2) is 4.83. The molecule has 1 atom stereocenters. The highest BCUT2D eigenvalue weighted by Crippen LogP contribution is 2.31. The Balaban J connectivity index is 2.42. The van der Waals surface area contributed by atoms with Crippen LogP contribution in [0.4, 0.5) is 0 Å². The number of nitrogens with zero attached hydrogens (tertiary/aromatic N) is 1. The fourth-order valence-electron chi connectivity index (χ4n) is 1.50. The quantitative estimate of drug-likeness (QED) is 0.890. The van der Waals surface area contributed by atoms with Crippen LogP contribution >= 0.6 is 23.2 Å². The Labute approximate surface area is 104 Å². The predicted molar refractivity (Wildman–Crippen MR) is 66.7 cm³/mol. The molecular weight excluding hydrogens is 243 g/mol. The Kier molecular flexibility index (Phi) is 3.44. The summed E-state index contributed by atoms with van der Waals surface area (Å²) >= 11 is 12.0. The Hall–Kier alpha value is -1.09. The van der Waals surface area contributed by atoms with Crippen molar-refractivity contribution in [2.24, 2.45) is 5.73 Å². The molecule has 0 bridgehead atoms. The van der Waals surface area contributed by atoms with Gasteiger partial charge in [-0.05, 0) is 23.3 Å². The zero-order valence-electron chi connectivity index (χ0n) is 8.40. The van der Waals surface area contributed by atoms with E-state index in [0.29, 0.717) is 10.0 Å². The lowest BCUT2D eigenvalue weighted by atomic mass is 10.0. The molecule has 0 amide bonds. The molecule has 0 saturated carbocycles. The number of hydrogen-bond acceptors (Lipinski definition) is 2. The van der Waals surface area contributed by atoms with Gasteiger partial charge in [0.2, 0.25) is 0 Å². The lowest BCUT2D eigenvalue weighted by molar-refractivity contribution is 0.863. The maximum Gasteiger partial charge on any atom is 0.0643 e. The van der Waals surface area contributed by atoms with Gasteiger partial charge in [-0.15, -0.1) is 0 Å². The van der Waals surface area contributed by atoms with Gasteiger partial charge in [0.1, 0.15) is 0 Å². The molecule has 0 fully saturated rings. The summed E-state index contributed by atoms with van der Waals surface area (Å²) in [6.07, 6.45) is 3.43. The van der Waals surface area contributed by atoms with E-state index in [0.717, 1.165) is 11.1 Å². The third kappa shape index (κ3) is 2.19. The third-order valence-corrected chi connectivity index (χ3v) is 3.19. The van der Waals surface area contributed by atoms with Crippen LogP contribution in [-0.4, -0.2) is 4.98 Å². The van der Waals surface area contributed by atoms with Crippen molar-refractivity contribution in [3.05, 3.63) is 63.9 Å². The highest BCUT2D eigenvalue weighted by Gasteiger charge is 2.13. The average Bonchev–Trinajstić information content (AvgIpc) is 2.33. The van der Waals surface area contributed by atoms with Crippen LogP contribution in [-0.2, 0) is 0 Å². The number of aromatic nitrogens is 1. The summed E-state index contributed by atoms with van der Waals surface area (Å²) in [5.41, 5.74) is 7.82. The van der Waals surface area contributed by atoms with Crippen LogP contribution in [0.15, 0.2) is 42.7 Å². The Morgan fingerprint density at radius 3 is 2.62 bits per heavy atom. The van der Waals surface area contributed by atoms with Crippen molar-refractivity contribution in [3.8, 4) is 0 Å². The summed E-state index contributed by atoms with van der Waals surface area (Å²) in [6.45, 7) is 0. The van der Waals surface area contributed by atoms with Gasteiger partial charge in [-0.3, -0.25) is 4.98 Å². The molecule has 0 saturated heterocycles. The number of benzene rings is 1. The van der Waals surface area contributed by atoms with E-state index in [2.05, 4.69) is 4.98 Å².